The summed E-state index contributed by atoms with van der Waals surface area (Å²) in [4.78, 5) is 0. The molecule has 16 heavy (non-hydrogen) atoms. The van der Waals surface area contributed by atoms with E-state index in [-0.39, 0.29) is 0 Å². The molecule has 1 fully saturated rings. The van der Waals surface area contributed by atoms with Crippen LogP contribution in [0.3, 0.4) is 0 Å². The second kappa shape index (κ2) is 5.35. The van der Waals surface area contributed by atoms with Gasteiger partial charge >= 0.3 is 0 Å². The van der Waals surface area contributed by atoms with E-state index >= 15 is 0 Å². The average Bonchev–Trinajstić information content (AvgIpc) is 2.74. The minimum absolute atomic E-state index is 0.422. The molecule has 0 aromatic heterocycles. The number of aryl methyl sites for hydroxylation is 2. The van der Waals surface area contributed by atoms with E-state index in [2.05, 4.69) is 32.0 Å². The van der Waals surface area contributed by atoms with E-state index < -0.39 is 0 Å². The van der Waals surface area contributed by atoms with Crippen LogP contribution >= 0.6 is 0 Å². The van der Waals surface area contributed by atoms with Crippen molar-refractivity contribution in [3.8, 4) is 5.75 Å². The van der Waals surface area contributed by atoms with Crippen LogP contribution in [0.25, 0.3) is 0 Å². The fourth-order valence-electron chi connectivity index (χ4n) is 2.13. The summed E-state index contributed by atoms with van der Waals surface area (Å²) in [6.45, 7) is 5.88. The molecule has 1 atom stereocenters. The number of rotatable bonds is 4. The summed E-state index contributed by atoms with van der Waals surface area (Å²) in [6, 6.07) is 6.30. The third-order valence-corrected chi connectivity index (χ3v) is 3.05. The van der Waals surface area contributed by atoms with Crippen LogP contribution in [0, 0.1) is 13.8 Å². The summed E-state index contributed by atoms with van der Waals surface area (Å²) >= 11 is 0. The largest absolute Gasteiger partial charge is 0.493 e. The van der Waals surface area contributed by atoms with Crippen molar-refractivity contribution < 1.29 is 9.47 Å². The number of ether oxygens (including phenoxy) is 2. The molecule has 0 saturated carbocycles. The van der Waals surface area contributed by atoms with Crippen molar-refractivity contribution >= 4 is 0 Å². The minimum atomic E-state index is 0.422. The van der Waals surface area contributed by atoms with Gasteiger partial charge < -0.3 is 9.47 Å². The fraction of sp³-hybridized carbons (Fsp3) is 0.571. The quantitative estimate of drug-likeness (QED) is 0.775. The Morgan fingerprint density at radius 2 is 2.25 bits per heavy atom. The van der Waals surface area contributed by atoms with E-state index in [0.29, 0.717) is 6.10 Å². The molecule has 1 unspecified atom stereocenters. The van der Waals surface area contributed by atoms with Gasteiger partial charge in [0.05, 0.1) is 12.7 Å². The zero-order chi connectivity index (χ0) is 11.4. The highest BCUT2D eigenvalue weighted by Crippen LogP contribution is 2.20. The molecule has 1 aromatic rings. The maximum atomic E-state index is 5.77. The van der Waals surface area contributed by atoms with Gasteiger partial charge in [0.2, 0.25) is 0 Å². The molecule has 1 saturated heterocycles. The van der Waals surface area contributed by atoms with Crippen LogP contribution < -0.4 is 4.74 Å². The van der Waals surface area contributed by atoms with E-state index in [9.17, 15) is 0 Å². The first-order valence-corrected chi connectivity index (χ1v) is 6.07. The fourth-order valence-corrected chi connectivity index (χ4v) is 2.13. The van der Waals surface area contributed by atoms with Crippen LogP contribution in [0.4, 0.5) is 0 Å². The van der Waals surface area contributed by atoms with Crippen LogP contribution in [0.15, 0.2) is 18.2 Å². The number of hydrogen-bond donors (Lipinski definition) is 0. The van der Waals surface area contributed by atoms with E-state index in [1.807, 2.05) is 0 Å². The molecule has 2 heteroatoms. The normalized spacial score (nSPS) is 20.0. The smallest absolute Gasteiger partial charge is 0.122 e. The summed E-state index contributed by atoms with van der Waals surface area (Å²) < 4.78 is 11.3. The van der Waals surface area contributed by atoms with Gasteiger partial charge in [0, 0.05) is 13.0 Å². The molecule has 0 bridgehead atoms. The van der Waals surface area contributed by atoms with Gasteiger partial charge in [-0.25, -0.2) is 0 Å². The predicted molar refractivity (Wildman–Crippen MR) is 65.0 cm³/mol. The second-order valence-electron chi connectivity index (χ2n) is 4.54. The van der Waals surface area contributed by atoms with Gasteiger partial charge in [-0.1, -0.05) is 17.7 Å². The Kier molecular flexibility index (Phi) is 3.83. The van der Waals surface area contributed by atoms with Crippen molar-refractivity contribution in [2.45, 2.75) is 39.2 Å². The summed E-state index contributed by atoms with van der Waals surface area (Å²) in [5.41, 5.74) is 2.50. The Bertz CT molecular complexity index is 341. The van der Waals surface area contributed by atoms with Crippen LogP contribution in [0.5, 0.6) is 5.75 Å². The molecule has 1 aromatic carbocycles. The highest BCUT2D eigenvalue weighted by atomic mass is 16.5. The first kappa shape index (κ1) is 11.5. The van der Waals surface area contributed by atoms with Crippen molar-refractivity contribution in [2.24, 2.45) is 0 Å². The van der Waals surface area contributed by atoms with Crippen molar-refractivity contribution in [1.82, 2.24) is 0 Å². The lowest BCUT2D eigenvalue weighted by Gasteiger charge is -2.12. The molecule has 1 heterocycles. The molecule has 1 aliphatic rings. The van der Waals surface area contributed by atoms with Crippen LogP contribution in [-0.2, 0) is 4.74 Å². The number of hydrogen-bond acceptors (Lipinski definition) is 2. The van der Waals surface area contributed by atoms with Gasteiger partial charge in [0.25, 0.3) is 0 Å². The first-order valence-electron chi connectivity index (χ1n) is 6.07. The lowest BCUT2D eigenvalue weighted by atomic mass is 10.1. The molecule has 88 valence electrons. The minimum Gasteiger partial charge on any atom is -0.493 e. The van der Waals surface area contributed by atoms with Crippen molar-refractivity contribution in [3.05, 3.63) is 29.3 Å². The molecular weight excluding hydrogens is 200 g/mol. The molecule has 0 spiro atoms. The van der Waals surface area contributed by atoms with Gasteiger partial charge in [0.15, 0.2) is 0 Å². The Labute approximate surface area is 97.6 Å². The van der Waals surface area contributed by atoms with E-state index in [0.717, 1.165) is 25.4 Å². The Balaban J connectivity index is 1.80. The molecule has 2 nitrogen and oxygen atoms in total. The first-order chi connectivity index (χ1) is 7.75. The second-order valence-corrected chi connectivity index (χ2v) is 4.54. The van der Waals surface area contributed by atoms with Crippen molar-refractivity contribution in [2.75, 3.05) is 13.2 Å². The predicted octanol–water partition coefficient (Wildman–Crippen LogP) is 3.25. The monoisotopic (exact) mass is 220 g/mol. The lowest BCUT2D eigenvalue weighted by Crippen LogP contribution is -2.11. The summed E-state index contributed by atoms with van der Waals surface area (Å²) in [5.74, 6) is 1.00. The topological polar surface area (TPSA) is 18.5 Å². The van der Waals surface area contributed by atoms with Crippen molar-refractivity contribution in [1.29, 1.82) is 0 Å². The summed E-state index contributed by atoms with van der Waals surface area (Å²) in [6.07, 6.45) is 3.82. The number of benzene rings is 1. The van der Waals surface area contributed by atoms with Crippen molar-refractivity contribution in [3.63, 3.8) is 0 Å². The Hall–Kier alpha value is -1.02. The highest BCUT2D eigenvalue weighted by molar-refractivity contribution is 5.35. The zero-order valence-corrected chi connectivity index (χ0v) is 10.2. The van der Waals surface area contributed by atoms with Gasteiger partial charge in [-0.2, -0.15) is 0 Å². The third-order valence-electron chi connectivity index (χ3n) is 3.05. The summed E-state index contributed by atoms with van der Waals surface area (Å²) in [7, 11) is 0. The van der Waals surface area contributed by atoms with Gasteiger partial charge in [-0.3, -0.25) is 0 Å². The molecular formula is C14H20O2. The van der Waals surface area contributed by atoms with E-state index in [4.69, 9.17) is 9.47 Å². The van der Waals surface area contributed by atoms with Gasteiger partial charge in [-0.15, -0.1) is 0 Å². The van der Waals surface area contributed by atoms with Crippen LogP contribution in [0.2, 0.25) is 0 Å². The maximum Gasteiger partial charge on any atom is 0.122 e. The van der Waals surface area contributed by atoms with Crippen LogP contribution in [-0.4, -0.2) is 19.3 Å². The standard InChI is InChI=1S/C14H20O2/c1-11-5-6-14(12(2)10-11)16-9-7-13-4-3-8-15-13/h5-6,10,13H,3-4,7-9H2,1-2H3. The molecule has 0 amide bonds. The third kappa shape index (κ3) is 2.99. The molecule has 1 aliphatic heterocycles. The highest BCUT2D eigenvalue weighted by Gasteiger charge is 2.15. The SMILES string of the molecule is Cc1ccc(OCCC2CCCO2)c(C)c1. The maximum absolute atomic E-state index is 5.77. The zero-order valence-electron chi connectivity index (χ0n) is 10.2. The van der Waals surface area contributed by atoms with Crippen LogP contribution in [0.1, 0.15) is 30.4 Å². The Morgan fingerprint density at radius 1 is 1.38 bits per heavy atom. The average molecular weight is 220 g/mol. The lowest BCUT2D eigenvalue weighted by molar-refractivity contribution is 0.0902. The molecule has 0 radical (unpaired) electrons. The van der Waals surface area contributed by atoms with E-state index in [1.54, 1.807) is 0 Å². The van der Waals surface area contributed by atoms with E-state index in [1.165, 1.54) is 24.0 Å². The van der Waals surface area contributed by atoms with Gasteiger partial charge in [-0.05, 0) is 38.3 Å². The molecule has 0 aliphatic carbocycles. The van der Waals surface area contributed by atoms with Gasteiger partial charge in [0.1, 0.15) is 5.75 Å². The Morgan fingerprint density at radius 3 is 2.94 bits per heavy atom. The summed E-state index contributed by atoms with van der Waals surface area (Å²) in [5, 5.41) is 0. The molecule has 2 rings (SSSR count). The molecule has 0 N–H and O–H groups in total.